The molecule has 2 aromatic carbocycles. The molecule has 0 N–H and O–H groups in total. The molecule has 2 aromatic rings. The van der Waals surface area contributed by atoms with Gasteiger partial charge in [0.2, 0.25) is 0 Å². The number of carbonyl (C=O) groups is 2. The topological polar surface area (TPSA) is 86.8 Å². The Morgan fingerprint density at radius 2 is 1.59 bits per heavy atom. The third kappa shape index (κ3) is 8.05. The van der Waals surface area contributed by atoms with E-state index in [1.165, 1.54) is 19.1 Å². The van der Waals surface area contributed by atoms with E-state index in [-0.39, 0.29) is 32.3 Å². The lowest BCUT2D eigenvalue weighted by molar-refractivity contribution is -0.143. The van der Waals surface area contributed by atoms with Crippen LogP contribution < -0.4 is 9.64 Å². The minimum Gasteiger partial charge on any atom is -0.496 e. The van der Waals surface area contributed by atoms with E-state index < -0.39 is 59.9 Å². The van der Waals surface area contributed by atoms with E-state index in [9.17, 15) is 35.9 Å². The highest BCUT2D eigenvalue weighted by Gasteiger charge is 2.41. The van der Waals surface area contributed by atoms with E-state index in [2.05, 4.69) is 0 Å². The third-order valence-corrected chi connectivity index (χ3v) is 6.99. The molecular formula is C29H34F6N2O7. The van der Waals surface area contributed by atoms with Gasteiger partial charge in [-0.3, -0.25) is 9.80 Å². The molecular weight excluding hydrogens is 602 g/mol. The summed E-state index contributed by atoms with van der Waals surface area (Å²) >= 11 is 0. The molecule has 1 aliphatic heterocycles. The molecule has 0 bridgehead atoms. The van der Waals surface area contributed by atoms with Crippen molar-refractivity contribution in [2.75, 3.05) is 46.0 Å². The van der Waals surface area contributed by atoms with Gasteiger partial charge in [0.25, 0.3) is 0 Å². The number of nitrogens with zero attached hydrogens (tertiary/aromatic N) is 2. The van der Waals surface area contributed by atoms with Gasteiger partial charge in [-0.25, -0.2) is 9.59 Å². The molecule has 0 spiro atoms. The van der Waals surface area contributed by atoms with Crippen molar-refractivity contribution in [1.29, 1.82) is 0 Å². The van der Waals surface area contributed by atoms with E-state index in [1.54, 1.807) is 26.0 Å². The van der Waals surface area contributed by atoms with Crippen molar-refractivity contribution in [3.05, 3.63) is 58.1 Å². The van der Waals surface area contributed by atoms with Crippen LogP contribution in [0.5, 0.6) is 5.75 Å². The number of amides is 2. The van der Waals surface area contributed by atoms with Crippen molar-refractivity contribution >= 4 is 17.9 Å². The average Bonchev–Trinajstić information content (AvgIpc) is 2.96. The number of alkyl halides is 6. The molecule has 0 fully saturated rings. The summed E-state index contributed by atoms with van der Waals surface area (Å²) in [6.07, 6.45) is -11.8. The monoisotopic (exact) mass is 636 g/mol. The smallest absolute Gasteiger partial charge is 0.416 e. The first-order valence-electron chi connectivity index (χ1n) is 13.5. The van der Waals surface area contributed by atoms with Crippen molar-refractivity contribution in [1.82, 2.24) is 4.90 Å². The van der Waals surface area contributed by atoms with Gasteiger partial charge in [0, 0.05) is 30.8 Å². The van der Waals surface area contributed by atoms with Gasteiger partial charge in [0.1, 0.15) is 5.75 Å². The number of benzene rings is 2. The molecule has 0 radical (unpaired) electrons. The molecule has 1 aliphatic rings. The Balaban J connectivity index is 2.18. The lowest BCUT2D eigenvalue weighted by Gasteiger charge is -2.43. The van der Waals surface area contributed by atoms with E-state index in [1.807, 2.05) is 0 Å². The number of carbonyl (C=O) groups excluding carboxylic acids is 2. The zero-order chi connectivity index (χ0) is 32.8. The summed E-state index contributed by atoms with van der Waals surface area (Å²) in [5.74, 6) is 0.313. The summed E-state index contributed by atoms with van der Waals surface area (Å²) in [6, 6.07) is 2.72. The number of halogens is 6. The number of rotatable bonds is 10. The van der Waals surface area contributed by atoms with Crippen molar-refractivity contribution in [2.24, 2.45) is 0 Å². The molecule has 9 nitrogen and oxygen atoms in total. The van der Waals surface area contributed by atoms with Crippen LogP contribution >= 0.6 is 0 Å². The second-order valence-electron chi connectivity index (χ2n) is 9.95. The van der Waals surface area contributed by atoms with Crippen LogP contribution in [0.25, 0.3) is 0 Å². The van der Waals surface area contributed by atoms with Gasteiger partial charge in [-0.2, -0.15) is 26.3 Å². The maximum atomic E-state index is 13.6. The summed E-state index contributed by atoms with van der Waals surface area (Å²) in [7, 11) is 3.95. The second-order valence-corrected chi connectivity index (χ2v) is 9.95. The largest absolute Gasteiger partial charge is 0.496 e. The normalized spacial score (nSPS) is 16.8. The number of methoxy groups -OCH3 is 3. The third-order valence-electron chi connectivity index (χ3n) is 6.99. The van der Waals surface area contributed by atoms with Crippen LogP contribution in [0, 0.1) is 0 Å². The Bertz CT molecular complexity index is 1290. The van der Waals surface area contributed by atoms with Crippen LogP contribution in [0.1, 0.15) is 54.1 Å². The van der Waals surface area contributed by atoms with Gasteiger partial charge in [-0.05, 0) is 56.2 Å². The second kappa shape index (κ2) is 14.4. The Kier molecular flexibility index (Phi) is 11.4. The van der Waals surface area contributed by atoms with Gasteiger partial charge in [0.05, 0.1) is 63.5 Å². The van der Waals surface area contributed by atoms with Gasteiger partial charge in [-0.15, -0.1) is 0 Å². The summed E-state index contributed by atoms with van der Waals surface area (Å²) < 4.78 is 108. The fourth-order valence-corrected chi connectivity index (χ4v) is 5.02. The zero-order valence-corrected chi connectivity index (χ0v) is 24.8. The predicted octanol–water partition coefficient (Wildman–Crippen LogP) is 6.96. The minimum absolute atomic E-state index is 0.0162. The molecule has 2 amide bonds. The van der Waals surface area contributed by atoms with Crippen molar-refractivity contribution in [3.8, 4) is 5.75 Å². The fourth-order valence-electron chi connectivity index (χ4n) is 5.02. The molecule has 0 saturated heterocycles. The Labute approximate surface area is 250 Å². The molecule has 0 saturated carbocycles. The maximum absolute atomic E-state index is 13.6. The highest BCUT2D eigenvalue weighted by Crippen LogP contribution is 2.45. The van der Waals surface area contributed by atoms with Gasteiger partial charge < -0.3 is 23.7 Å². The summed E-state index contributed by atoms with van der Waals surface area (Å²) in [6.45, 7) is 3.33. The van der Waals surface area contributed by atoms with Gasteiger partial charge in [-0.1, -0.05) is 0 Å². The SMILES string of the molecule is CCOC(=O)N1c2cc(COCCOC)c(OC)cc2[C@H](N(Cc2cc(C(F)(F)F)cc(C(F)(F)F)c2)C(=O)OC)C[C@@H]1C. The summed E-state index contributed by atoms with van der Waals surface area (Å²) in [5, 5.41) is 0. The van der Waals surface area contributed by atoms with Crippen LogP contribution in [0.15, 0.2) is 30.3 Å². The highest BCUT2D eigenvalue weighted by atomic mass is 19.4. The Morgan fingerprint density at radius 3 is 2.11 bits per heavy atom. The van der Waals surface area contributed by atoms with Gasteiger partial charge in [0.15, 0.2) is 0 Å². The molecule has 2 atom stereocenters. The van der Waals surface area contributed by atoms with Crippen LogP contribution in [0.3, 0.4) is 0 Å². The summed E-state index contributed by atoms with van der Waals surface area (Å²) in [4.78, 5) is 28.6. The number of hydrogen-bond donors (Lipinski definition) is 0. The quantitative estimate of drug-likeness (QED) is 0.206. The van der Waals surface area contributed by atoms with E-state index in [0.717, 1.165) is 12.0 Å². The highest BCUT2D eigenvalue weighted by molar-refractivity contribution is 5.91. The van der Waals surface area contributed by atoms with Crippen molar-refractivity contribution in [3.63, 3.8) is 0 Å². The maximum Gasteiger partial charge on any atom is 0.416 e. The molecule has 244 valence electrons. The average molecular weight is 637 g/mol. The molecule has 1 heterocycles. The molecule has 15 heteroatoms. The zero-order valence-electron chi connectivity index (χ0n) is 24.8. The van der Waals surface area contributed by atoms with E-state index >= 15 is 0 Å². The number of ether oxygens (including phenoxy) is 5. The first-order valence-corrected chi connectivity index (χ1v) is 13.5. The predicted molar refractivity (Wildman–Crippen MR) is 145 cm³/mol. The molecule has 0 aromatic heterocycles. The lowest BCUT2D eigenvalue weighted by Crippen LogP contribution is -2.47. The van der Waals surface area contributed by atoms with Crippen LogP contribution in [-0.2, 0) is 44.5 Å². The van der Waals surface area contributed by atoms with E-state index in [4.69, 9.17) is 23.7 Å². The summed E-state index contributed by atoms with van der Waals surface area (Å²) in [5.41, 5.74) is -2.29. The van der Waals surface area contributed by atoms with Gasteiger partial charge >= 0.3 is 24.5 Å². The van der Waals surface area contributed by atoms with E-state index in [0.29, 0.717) is 41.3 Å². The first kappa shape index (κ1) is 34.8. The molecule has 0 aliphatic carbocycles. The lowest BCUT2D eigenvalue weighted by atomic mass is 9.89. The number of anilines is 1. The first-order chi connectivity index (χ1) is 20.7. The van der Waals surface area contributed by atoms with Crippen LogP contribution in [0.4, 0.5) is 41.6 Å². The fraction of sp³-hybridized carbons (Fsp3) is 0.517. The van der Waals surface area contributed by atoms with Crippen LogP contribution in [0.2, 0.25) is 0 Å². The number of hydrogen-bond acceptors (Lipinski definition) is 7. The standard InChI is InChI=1S/C29H34F6N2O7/c1-6-44-27(39)37-17(2)9-23(22-14-25(41-4)19(12-24(22)37)16-43-8-7-40-3)36(26(38)42-5)15-18-10-20(28(30,31)32)13-21(11-18)29(33,34)35/h10-14,17,23H,6-9,15-16H2,1-5H3/t17-,23+/m0/s1. The van der Waals surface area contributed by atoms with Crippen molar-refractivity contribution in [2.45, 2.75) is 57.9 Å². The molecule has 0 unspecified atom stereocenters. The minimum atomic E-state index is -5.08. The van der Waals surface area contributed by atoms with Crippen LogP contribution in [-0.4, -0.2) is 64.3 Å². The molecule has 44 heavy (non-hydrogen) atoms. The Morgan fingerprint density at radius 1 is 0.955 bits per heavy atom. The molecule has 3 rings (SSSR count). The van der Waals surface area contributed by atoms with Crippen molar-refractivity contribution < 1.29 is 59.6 Å². The Hall–Kier alpha value is -3.72. The number of fused-ring (bicyclic) bond motifs is 1.